The van der Waals surface area contributed by atoms with Crippen molar-refractivity contribution in [3.05, 3.63) is 90.1 Å². The Morgan fingerprint density at radius 3 is 2.38 bits per heavy atom. The first-order chi connectivity index (χ1) is 14.4. The van der Waals surface area contributed by atoms with Gasteiger partial charge in [-0.15, -0.1) is 0 Å². The minimum absolute atomic E-state index is 0.0210. The number of hydrogen-bond acceptors (Lipinski definition) is 2. The van der Waals surface area contributed by atoms with E-state index < -0.39 is 0 Å². The van der Waals surface area contributed by atoms with Crippen molar-refractivity contribution < 1.29 is 4.74 Å². The van der Waals surface area contributed by atoms with Gasteiger partial charge in [-0.3, -0.25) is 0 Å². The van der Waals surface area contributed by atoms with Crippen molar-refractivity contribution in [3.8, 4) is 11.1 Å². The minimum Gasteiger partial charge on any atom is -0.356 e. The van der Waals surface area contributed by atoms with E-state index >= 15 is 0 Å². The van der Waals surface area contributed by atoms with Gasteiger partial charge in [0, 0.05) is 12.0 Å². The highest BCUT2D eigenvalue weighted by atomic mass is 16.5. The van der Waals surface area contributed by atoms with Crippen LogP contribution >= 0.6 is 0 Å². The van der Waals surface area contributed by atoms with Crippen LogP contribution in [-0.4, -0.2) is 16.4 Å². The predicted molar refractivity (Wildman–Crippen MR) is 119 cm³/mol. The molecule has 1 aromatic heterocycles. The first kappa shape index (κ1) is 17.9. The number of ether oxygens (including phenoxy) is 1. The first-order valence-electron chi connectivity index (χ1n) is 10.3. The van der Waals surface area contributed by atoms with E-state index in [4.69, 9.17) is 9.84 Å². The molecule has 0 aliphatic carbocycles. The number of hydrogen-bond donors (Lipinski definition) is 0. The molecule has 0 radical (unpaired) electrons. The van der Waals surface area contributed by atoms with Crippen molar-refractivity contribution in [3.63, 3.8) is 0 Å². The van der Waals surface area contributed by atoms with Crippen molar-refractivity contribution in [1.29, 1.82) is 0 Å². The van der Waals surface area contributed by atoms with Crippen LogP contribution in [0.4, 0.5) is 0 Å². The van der Waals surface area contributed by atoms with Crippen LogP contribution in [0.5, 0.6) is 0 Å². The highest BCUT2D eigenvalue weighted by molar-refractivity contribution is 5.93. The molecule has 1 unspecified atom stereocenters. The van der Waals surface area contributed by atoms with E-state index in [2.05, 4.69) is 89.6 Å². The van der Waals surface area contributed by atoms with E-state index in [9.17, 15) is 0 Å². The standard InChI is InChI=1S/C26H24N2O/c1-3-9-20(10-4-1)14-16-24-23-19-22(21-11-5-2-6-12-21)15-17-25(23)28(27-24)26-13-7-8-18-29-26/h1-6,9-12,14-17,19,26H,7-8,13,18H2/b16-14+. The van der Waals surface area contributed by atoms with Gasteiger partial charge in [0.05, 0.1) is 11.2 Å². The van der Waals surface area contributed by atoms with Gasteiger partial charge in [-0.1, -0.05) is 72.8 Å². The van der Waals surface area contributed by atoms with Crippen LogP contribution in [0.3, 0.4) is 0 Å². The Bertz CT molecular complexity index is 1120. The summed E-state index contributed by atoms with van der Waals surface area (Å²) in [6.45, 7) is 0.809. The number of nitrogens with zero attached hydrogens (tertiary/aromatic N) is 2. The molecular formula is C26H24N2O. The van der Waals surface area contributed by atoms with E-state index in [1.54, 1.807) is 0 Å². The van der Waals surface area contributed by atoms with Crippen LogP contribution < -0.4 is 0 Å². The molecule has 1 atom stereocenters. The Morgan fingerprint density at radius 1 is 0.828 bits per heavy atom. The molecule has 1 aliphatic heterocycles. The maximum atomic E-state index is 6.04. The fourth-order valence-electron chi connectivity index (χ4n) is 3.97. The zero-order valence-corrected chi connectivity index (χ0v) is 16.4. The Labute approximate surface area is 171 Å². The van der Waals surface area contributed by atoms with Gasteiger partial charge in [0.1, 0.15) is 0 Å². The van der Waals surface area contributed by atoms with Gasteiger partial charge in [0.15, 0.2) is 6.23 Å². The number of aromatic nitrogens is 2. The lowest BCUT2D eigenvalue weighted by molar-refractivity contribution is -0.0367. The SMILES string of the molecule is C(=C\c1nn(C2CCCCO2)c2ccc(-c3ccccc3)cc12)/c1ccccc1. The zero-order valence-electron chi connectivity index (χ0n) is 16.4. The molecule has 0 bridgehead atoms. The molecule has 3 aromatic carbocycles. The fraction of sp³-hybridized carbons (Fsp3) is 0.192. The smallest absolute Gasteiger partial charge is 0.150 e. The maximum Gasteiger partial charge on any atom is 0.150 e. The summed E-state index contributed by atoms with van der Waals surface area (Å²) in [7, 11) is 0. The summed E-state index contributed by atoms with van der Waals surface area (Å²) in [5.41, 5.74) is 5.70. The van der Waals surface area contributed by atoms with Crippen LogP contribution in [0.15, 0.2) is 78.9 Å². The van der Waals surface area contributed by atoms with Crippen LogP contribution in [0, 0.1) is 0 Å². The normalized spacial score (nSPS) is 17.2. The summed E-state index contributed by atoms with van der Waals surface area (Å²) >= 11 is 0. The number of benzene rings is 3. The molecule has 1 aliphatic rings. The predicted octanol–water partition coefficient (Wildman–Crippen LogP) is 6.57. The van der Waals surface area contributed by atoms with Crippen molar-refractivity contribution >= 4 is 23.1 Å². The van der Waals surface area contributed by atoms with Gasteiger partial charge in [-0.05, 0) is 54.2 Å². The maximum absolute atomic E-state index is 6.04. The summed E-state index contributed by atoms with van der Waals surface area (Å²) in [4.78, 5) is 0. The highest BCUT2D eigenvalue weighted by Crippen LogP contribution is 2.32. The first-order valence-corrected chi connectivity index (χ1v) is 10.3. The molecule has 1 saturated heterocycles. The average molecular weight is 380 g/mol. The molecule has 2 heterocycles. The molecule has 4 aromatic rings. The molecule has 3 nitrogen and oxygen atoms in total. The molecule has 5 rings (SSSR count). The van der Waals surface area contributed by atoms with E-state index in [0.717, 1.165) is 36.0 Å². The van der Waals surface area contributed by atoms with Crippen LogP contribution in [-0.2, 0) is 4.74 Å². The van der Waals surface area contributed by atoms with Gasteiger partial charge < -0.3 is 4.74 Å². The third-order valence-electron chi connectivity index (χ3n) is 5.50. The van der Waals surface area contributed by atoms with Gasteiger partial charge in [0.25, 0.3) is 0 Å². The van der Waals surface area contributed by atoms with Gasteiger partial charge in [-0.25, -0.2) is 4.68 Å². The molecular weight excluding hydrogens is 356 g/mol. The Morgan fingerprint density at radius 2 is 1.62 bits per heavy atom. The summed E-state index contributed by atoms with van der Waals surface area (Å²) in [5, 5.41) is 6.13. The summed E-state index contributed by atoms with van der Waals surface area (Å²) in [6, 6.07) is 27.5. The lowest BCUT2D eigenvalue weighted by atomic mass is 10.0. The summed E-state index contributed by atoms with van der Waals surface area (Å²) in [6.07, 6.45) is 7.60. The molecule has 1 fully saturated rings. The Balaban J connectivity index is 1.61. The molecule has 0 saturated carbocycles. The largest absolute Gasteiger partial charge is 0.356 e. The van der Waals surface area contributed by atoms with Crippen LogP contribution in [0.25, 0.3) is 34.2 Å². The second-order valence-electron chi connectivity index (χ2n) is 7.49. The van der Waals surface area contributed by atoms with E-state index in [-0.39, 0.29) is 6.23 Å². The molecule has 0 N–H and O–H groups in total. The van der Waals surface area contributed by atoms with E-state index in [1.807, 2.05) is 6.07 Å². The van der Waals surface area contributed by atoms with Crippen molar-refractivity contribution in [2.45, 2.75) is 25.5 Å². The number of rotatable bonds is 4. The molecule has 0 amide bonds. The van der Waals surface area contributed by atoms with E-state index in [1.165, 1.54) is 23.1 Å². The quantitative estimate of drug-likeness (QED) is 0.400. The zero-order chi connectivity index (χ0) is 19.5. The van der Waals surface area contributed by atoms with Gasteiger partial charge in [0.2, 0.25) is 0 Å². The van der Waals surface area contributed by atoms with Gasteiger partial charge >= 0.3 is 0 Å². The van der Waals surface area contributed by atoms with Crippen molar-refractivity contribution in [2.75, 3.05) is 6.61 Å². The molecule has 0 spiro atoms. The summed E-state index contributed by atoms with van der Waals surface area (Å²) in [5.74, 6) is 0. The van der Waals surface area contributed by atoms with Gasteiger partial charge in [-0.2, -0.15) is 5.10 Å². The monoisotopic (exact) mass is 380 g/mol. The molecule has 3 heteroatoms. The molecule has 29 heavy (non-hydrogen) atoms. The number of fused-ring (bicyclic) bond motifs is 1. The van der Waals surface area contributed by atoms with Crippen molar-refractivity contribution in [2.24, 2.45) is 0 Å². The fourth-order valence-corrected chi connectivity index (χ4v) is 3.97. The summed E-state index contributed by atoms with van der Waals surface area (Å²) < 4.78 is 8.12. The topological polar surface area (TPSA) is 27.1 Å². The lowest BCUT2D eigenvalue weighted by Crippen LogP contribution is -2.19. The third kappa shape index (κ3) is 3.74. The Kier molecular flexibility index (Phi) is 4.97. The second kappa shape index (κ2) is 8.06. The highest BCUT2D eigenvalue weighted by Gasteiger charge is 2.20. The van der Waals surface area contributed by atoms with Crippen molar-refractivity contribution in [1.82, 2.24) is 9.78 Å². The minimum atomic E-state index is 0.0210. The van der Waals surface area contributed by atoms with Crippen LogP contribution in [0.2, 0.25) is 0 Å². The lowest BCUT2D eigenvalue weighted by Gasteiger charge is -2.23. The second-order valence-corrected chi connectivity index (χ2v) is 7.49. The third-order valence-corrected chi connectivity index (χ3v) is 5.50. The average Bonchev–Trinajstić information content (AvgIpc) is 3.17. The van der Waals surface area contributed by atoms with E-state index in [0.29, 0.717) is 0 Å². The molecule has 144 valence electrons. The Hall–Kier alpha value is -3.17. The van der Waals surface area contributed by atoms with Crippen LogP contribution in [0.1, 0.15) is 36.7 Å².